The Balaban J connectivity index is 2.36. The molecule has 8 heteroatoms. The molecule has 0 amide bonds. The van der Waals surface area contributed by atoms with Gasteiger partial charge in [-0.25, -0.2) is 13.2 Å². The fourth-order valence-corrected chi connectivity index (χ4v) is 3.41. The van der Waals surface area contributed by atoms with Crippen LogP contribution in [0.2, 0.25) is 0 Å². The zero-order valence-electron chi connectivity index (χ0n) is 12.5. The van der Waals surface area contributed by atoms with E-state index in [-0.39, 0.29) is 11.5 Å². The summed E-state index contributed by atoms with van der Waals surface area (Å²) in [6, 6.07) is 6.19. The molecule has 0 unspecified atom stereocenters. The molecule has 0 heterocycles. The molecule has 0 saturated heterocycles. The van der Waals surface area contributed by atoms with Crippen molar-refractivity contribution in [3.8, 4) is 0 Å². The highest BCUT2D eigenvalue weighted by Crippen LogP contribution is 2.20. The normalized spacial score (nSPS) is 11.5. The molecule has 0 bridgehead atoms. The Hall–Kier alpha value is -1.12. The van der Waals surface area contributed by atoms with Crippen molar-refractivity contribution in [2.75, 3.05) is 6.61 Å². The van der Waals surface area contributed by atoms with Crippen molar-refractivity contribution in [1.29, 1.82) is 0 Å². The Bertz CT molecular complexity index is 589. The molecule has 0 spiro atoms. The molecule has 0 aliphatic heterocycles. The molecule has 0 fully saturated rings. The topological polar surface area (TPSA) is 81.7 Å². The first-order valence-corrected chi connectivity index (χ1v) is 9.20. The van der Waals surface area contributed by atoms with Crippen LogP contribution in [-0.2, 0) is 19.6 Å². The van der Waals surface area contributed by atoms with Crippen LogP contribution in [0.1, 0.15) is 33.1 Å². The highest BCUT2D eigenvalue weighted by molar-refractivity contribution is 9.10. The first-order valence-electron chi connectivity index (χ1n) is 6.93. The number of nitrogens with one attached hydrogen (secondary N) is 1. The van der Waals surface area contributed by atoms with Crippen LogP contribution in [0.25, 0.3) is 0 Å². The van der Waals surface area contributed by atoms with Gasteiger partial charge in [0, 0.05) is 4.47 Å². The van der Waals surface area contributed by atoms with E-state index in [0.29, 0.717) is 16.8 Å². The van der Waals surface area contributed by atoms with E-state index in [1.165, 1.54) is 6.07 Å². The summed E-state index contributed by atoms with van der Waals surface area (Å²) in [7, 11) is -3.95. The van der Waals surface area contributed by atoms with Gasteiger partial charge in [-0.3, -0.25) is 0 Å². The third-order valence-corrected chi connectivity index (χ3v) is 4.95. The summed E-state index contributed by atoms with van der Waals surface area (Å²) in [6.07, 6.45) is 1.63. The number of hydrogen-bond donors (Lipinski definition) is 1. The standard InChI is InChI=1S/C14H20BrNO5S/c1-11(2)7-5-6-10-20-14(17)21-16-22(18,19)13-9-4-3-8-12(13)15/h3-4,8-9,11,16H,5-7,10H2,1-2H3. The fraction of sp³-hybridized carbons (Fsp3) is 0.500. The van der Waals surface area contributed by atoms with Crippen molar-refractivity contribution in [2.45, 2.75) is 38.0 Å². The molecule has 1 rings (SSSR count). The average molecular weight is 394 g/mol. The van der Waals surface area contributed by atoms with Gasteiger partial charge < -0.3 is 9.57 Å². The second-order valence-electron chi connectivity index (χ2n) is 5.11. The van der Waals surface area contributed by atoms with E-state index in [0.717, 1.165) is 12.8 Å². The summed E-state index contributed by atoms with van der Waals surface area (Å²) in [4.78, 5) is 17.5. The highest BCUT2D eigenvalue weighted by Gasteiger charge is 2.19. The van der Waals surface area contributed by atoms with Crippen LogP contribution >= 0.6 is 15.9 Å². The molecule has 0 radical (unpaired) electrons. The molecule has 0 aliphatic carbocycles. The van der Waals surface area contributed by atoms with E-state index >= 15 is 0 Å². The van der Waals surface area contributed by atoms with Gasteiger partial charge in [0.15, 0.2) is 0 Å². The Morgan fingerprint density at radius 2 is 1.95 bits per heavy atom. The van der Waals surface area contributed by atoms with Gasteiger partial charge in [-0.2, -0.15) is 0 Å². The van der Waals surface area contributed by atoms with Crippen LogP contribution in [0.15, 0.2) is 33.6 Å². The van der Waals surface area contributed by atoms with Crippen molar-refractivity contribution < 1.29 is 22.8 Å². The number of halogens is 1. The zero-order chi connectivity index (χ0) is 16.6. The lowest BCUT2D eigenvalue weighted by Crippen LogP contribution is -2.28. The van der Waals surface area contributed by atoms with E-state index in [1.54, 1.807) is 23.1 Å². The molecule has 1 N–H and O–H groups in total. The zero-order valence-corrected chi connectivity index (χ0v) is 14.9. The van der Waals surface area contributed by atoms with Gasteiger partial charge in [-0.15, -0.1) is 0 Å². The summed E-state index contributed by atoms with van der Waals surface area (Å²) in [6.45, 7) is 4.43. The van der Waals surface area contributed by atoms with E-state index in [2.05, 4.69) is 34.6 Å². The van der Waals surface area contributed by atoms with Crippen LogP contribution < -0.4 is 4.89 Å². The second-order valence-corrected chi connectivity index (χ2v) is 7.58. The van der Waals surface area contributed by atoms with E-state index in [9.17, 15) is 13.2 Å². The number of unbranched alkanes of at least 4 members (excludes halogenated alkanes) is 1. The molecular weight excluding hydrogens is 374 g/mol. The van der Waals surface area contributed by atoms with Crippen LogP contribution in [0.5, 0.6) is 0 Å². The van der Waals surface area contributed by atoms with Gasteiger partial charge in [0.1, 0.15) is 0 Å². The number of ether oxygens (including phenoxy) is 1. The smallest absolute Gasteiger partial charge is 0.433 e. The average Bonchev–Trinajstić information content (AvgIpc) is 2.45. The van der Waals surface area contributed by atoms with Crippen LogP contribution in [-0.4, -0.2) is 21.2 Å². The fourth-order valence-electron chi connectivity index (χ4n) is 1.64. The predicted octanol–water partition coefficient (Wildman–Crippen LogP) is 3.62. The summed E-state index contributed by atoms with van der Waals surface area (Å²) >= 11 is 3.12. The number of sulfonamides is 1. The summed E-state index contributed by atoms with van der Waals surface area (Å²) < 4.78 is 29.0. The van der Waals surface area contributed by atoms with Gasteiger partial charge in [0.2, 0.25) is 0 Å². The molecule has 124 valence electrons. The Morgan fingerprint density at radius 3 is 2.59 bits per heavy atom. The predicted molar refractivity (Wildman–Crippen MR) is 85.6 cm³/mol. The quantitative estimate of drug-likeness (QED) is 0.414. The Morgan fingerprint density at radius 1 is 1.27 bits per heavy atom. The summed E-state index contributed by atoms with van der Waals surface area (Å²) in [5, 5.41) is 0. The molecule has 0 aliphatic rings. The van der Waals surface area contributed by atoms with Crippen molar-refractivity contribution in [2.24, 2.45) is 5.92 Å². The lowest BCUT2D eigenvalue weighted by molar-refractivity contribution is 0.0382. The maximum atomic E-state index is 11.9. The minimum atomic E-state index is -3.95. The van der Waals surface area contributed by atoms with Crippen molar-refractivity contribution >= 4 is 32.1 Å². The van der Waals surface area contributed by atoms with Crippen LogP contribution in [0, 0.1) is 5.92 Å². The lowest BCUT2D eigenvalue weighted by atomic mass is 10.1. The van der Waals surface area contributed by atoms with Gasteiger partial charge >= 0.3 is 6.16 Å². The number of hydrogen-bond acceptors (Lipinski definition) is 5. The number of carbonyl (C=O) groups excluding carboxylic acids is 1. The third-order valence-electron chi connectivity index (χ3n) is 2.76. The summed E-state index contributed by atoms with van der Waals surface area (Å²) in [5.41, 5.74) is 0. The molecule has 6 nitrogen and oxygen atoms in total. The highest BCUT2D eigenvalue weighted by atomic mass is 79.9. The van der Waals surface area contributed by atoms with Crippen molar-refractivity contribution in [3.05, 3.63) is 28.7 Å². The first-order chi connectivity index (χ1) is 10.3. The Kier molecular flexibility index (Phi) is 7.84. The summed E-state index contributed by atoms with van der Waals surface area (Å²) in [5.74, 6) is 0.600. The monoisotopic (exact) mass is 393 g/mol. The first kappa shape index (κ1) is 18.9. The minimum absolute atomic E-state index is 0.0280. The second kappa shape index (κ2) is 9.12. The van der Waals surface area contributed by atoms with E-state index in [4.69, 9.17) is 4.74 Å². The largest absolute Gasteiger partial charge is 0.528 e. The molecule has 22 heavy (non-hydrogen) atoms. The minimum Gasteiger partial charge on any atom is -0.433 e. The molecule has 1 aromatic carbocycles. The van der Waals surface area contributed by atoms with Crippen LogP contribution in [0.3, 0.4) is 0 Å². The molecule has 1 aromatic rings. The van der Waals surface area contributed by atoms with Gasteiger partial charge in [-0.05, 0) is 51.7 Å². The number of benzene rings is 1. The maximum Gasteiger partial charge on any atom is 0.528 e. The third kappa shape index (κ3) is 6.76. The van der Waals surface area contributed by atoms with Crippen molar-refractivity contribution in [1.82, 2.24) is 4.89 Å². The molecule has 0 aromatic heterocycles. The maximum absolute atomic E-state index is 11.9. The molecular formula is C14H20BrNO5S. The van der Waals surface area contributed by atoms with E-state index < -0.39 is 16.2 Å². The van der Waals surface area contributed by atoms with E-state index in [1.807, 2.05) is 0 Å². The van der Waals surface area contributed by atoms with Gasteiger partial charge in [-0.1, -0.05) is 32.4 Å². The lowest BCUT2D eigenvalue weighted by Gasteiger charge is -2.09. The Labute approximate surface area is 139 Å². The number of rotatable bonds is 8. The van der Waals surface area contributed by atoms with Gasteiger partial charge in [0.05, 0.1) is 11.5 Å². The number of carbonyl (C=O) groups is 1. The molecule has 0 saturated carbocycles. The van der Waals surface area contributed by atoms with Gasteiger partial charge in [0.25, 0.3) is 10.0 Å². The van der Waals surface area contributed by atoms with Crippen LogP contribution in [0.4, 0.5) is 4.79 Å². The van der Waals surface area contributed by atoms with Crippen molar-refractivity contribution in [3.63, 3.8) is 0 Å². The SMILES string of the molecule is CC(C)CCCCOC(=O)ONS(=O)(=O)c1ccccc1Br. The molecule has 0 atom stereocenters.